The molecular weight excluding hydrogens is 452 g/mol. The number of amides is 1. The molecule has 0 spiro atoms. The van der Waals surface area contributed by atoms with E-state index in [2.05, 4.69) is 43.2 Å². The average molecular weight is 481 g/mol. The number of aromatic nitrogens is 3. The molecule has 2 aromatic carbocycles. The van der Waals surface area contributed by atoms with E-state index in [1.54, 1.807) is 4.90 Å². The molecule has 0 radical (unpaired) electrons. The zero-order chi connectivity index (χ0) is 23.7. The number of carbonyl (C=O) groups excluding carboxylic acids is 1. The molecule has 0 aliphatic heterocycles. The molecule has 33 heavy (non-hydrogen) atoms. The molecule has 0 unspecified atom stereocenters. The molecule has 5 nitrogen and oxygen atoms in total. The number of nitrogens with zero attached hydrogens (tertiary/aromatic N) is 4. The first-order chi connectivity index (χ1) is 15.7. The van der Waals surface area contributed by atoms with Crippen molar-refractivity contribution in [3.8, 4) is 0 Å². The van der Waals surface area contributed by atoms with Gasteiger partial charge in [0.15, 0.2) is 5.13 Å². The maximum Gasteiger partial charge on any atom is 0.233 e. The summed E-state index contributed by atoms with van der Waals surface area (Å²) in [7, 11) is 0. The predicted octanol–water partition coefficient (Wildman–Crippen LogP) is 6.47. The normalized spacial score (nSPS) is 11.5. The van der Waals surface area contributed by atoms with Crippen molar-refractivity contribution in [1.82, 2.24) is 14.8 Å². The van der Waals surface area contributed by atoms with Gasteiger partial charge in [0.05, 0.1) is 28.9 Å². The fourth-order valence-corrected chi connectivity index (χ4v) is 5.14. The van der Waals surface area contributed by atoms with Crippen LogP contribution in [-0.4, -0.2) is 27.2 Å². The van der Waals surface area contributed by atoms with Crippen molar-refractivity contribution in [3.05, 3.63) is 75.6 Å². The Labute approximate surface area is 204 Å². The number of hydrogen-bond acceptors (Lipinski definition) is 4. The van der Waals surface area contributed by atoms with Crippen LogP contribution >= 0.6 is 22.9 Å². The van der Waals surface area contributed by atoms with Crippen LogP contribution < -0.4 is 4.90 Å². The second kappa shape index (κ2) is 9.65. The third kappa shape index (κ3) is 5.12. The second-order valence-corrected chi connectivity index (χ2v) is 10.2. The van der Waals surface area contributed by atoms with Gasteiger partial charge in [0.1, 0.15) is 0 Å². The van der Waals surface area contributed by atoms with Gasteiger partial charge in [0, 0.05) is 17.3 Å². The molecule has 1 amide bonds. The van der Waals surface area contributed by atoms with Crippen LogP contribution in [-0.2, 0) is 17.8 Å². The highest BCUT2D eigenvalue weighted by molar-refractivity contribution is 7.22. The third-order valence-electron chi connectivity index (χ3n) is 5.91. The quantitative estimate of drug-likeness (QED) is 0.304. The summed E-state index contributed by atoms with van der Waals surface area (Å²) in [5.41, 5.74) is 6.11. The minimum atomic E-state index is 0.0247. The summed E-state index contributed by atoms with van der Waals surface area (Å²) in [6.45, 7) is 11.4. The smallest absolute Gasteiger partial charge is 0.233 e. The van der Waals surface area contributed by atoms with Gasteiger partial charge in [-0.2, -0.15) is 5.10 Å². The highest BCUT2D eigenvalue weighted by atomic mass is 35.5. The number of aryl methyl sites for hydroxylation is 3. The fourth-order valence-electron chi connectivity index (χ4n) is 3.92. The minimum Gasteiger partial charge on any atom is -0.286 e. The number of anilines is 1. The van der Waals surface area contributed by atoms with Crippen LogP contribution in [0.3, 0.4) is 0 Å². The largest absolute Gasteiger partial charge is 0.286 e. The van der Waals surface area contributed by atoms with Crippen molar-refractivity contribution in [2.45, 2.75) is 53.5 Å². The minimum absolute atomic E-state index is 0.0247. The van der Waals surface area contributed by atoms with Crippen molar-refractivity contribution < 1.29 is 4.79 Å². The van der Waals surface area contributed by atoms with Gasteiger partial charge in [-0.3, -0.25) is 14.4 Å². The summed E-state index contributed by atoms with van der Waals surface area (Å²) in [4.78, 5) is 20.1. The number of fused-ring (bicyclic) bond motifs is 1. The fraction of sp³-hybridized carbons (Fsp3) is 0.346. The van der Waals surface area contributed by atoms with Crippen LogP contribution in [0.25, 0.3) is 10.2 Å². The molecule has 4 aromatic rings. The first kappa shape index (κ1) is 23.5. The van der Waals surface area contributed by atoms with Crippen LogP contribution in [0.4, 0.5) is 5.13 Å². The lowest BCUT2D eigenvalue weighted by atomic mass is 10.0. The average Bonchev–Trinajstić information content (AvgIpc) is 3.34. The van der Waals surface area contributed by atoms with Crippen molar-refractivity contribution in [3.63, 3.8) is 0 Å². The number of thiazole rings is 1. The molecular formula is C26H29ClN4OS. The standard InChI is InChI=1S/C26H29ClN4OS/c1-16(2)21-8-6-20(7-9-21)15-24(32)30(12-13-31-18(4)14-17(3)29-31)26-28-25-19(5)22(27)10-11-23(25)33-26/h6-11,14,16H,12-13,15H2,1-5H3. The van der Waals surface area contributed by atoms with Gasteiger partial charge in [-0.25, -0.2) is 4.98 Å². The van der Waals surface area contributed by atoms with Gasteiger partial charge < -0.3 is 0 Å². The molecule has 0 saturated heterocycles. The lowest BCUT2D eigenvalue weighted by molar-refractivity contribution is -0.118. The van der Waals surface area contributed by atoms with E-state index in [0.29, 0.717) is 35.6 Å². The van der Waals surface area contributed by atoms with Crippen molar-refractivity contribution in [1.29, 1.82) is 0 Å². The number of carbonyl (C=O) groups is 1. The highest BCUT2D eigenvalue weighted by Gasteiger charge is 2.21. The van der Waals surface area contributed by atoms with Crippen molar-refractivity contribution >= 4 is 44.2 Å². The van der Waals surface area contributed by atoms with E-state index in [9.17, 15) is 4.79 Å². The molecule has 0 saturated carbocycles. The summed E-state index contributed by atoms with van der Waals surface area (Å²) >= 11 is 7.84. The molecule has 172 valence electrons. The first-order valence-corrected chi connectivity index (χ1v) is 12.4. The number of rotatable bonds is 7. The summed E-state index contributed by atoms with van der Waals surface area (Å²) in [6, 6.07) is 14.2. The highest BCUT2D eigenvalue weighted by Crippen LogP contribution is 2.34. The zero-order valence-electron chi connectivity index (χ0n) is 19.7. The van der Waals surface area contributed by atoms with E-state index in [-0.39, 0.29) is 5.91 Å². The lowest BCUT2D eigenvalue weighted by Gasteiger charge is -2.20. The Morgan fingerprint density at radius 2 is 1.85 bits per heavy atom. The molecule has 0 aliphatic rings. The molecule has 0 N–H and O–H groups in total. The maximum absolute atomic E-state index is 13.5. The Kier molecular flexibility index (Phi) is 6.86. The molecule has 2 aromatic heterocycles. The molecule has 4 rings (SSSR count). The van der Waals surface area contributed by atoms with E-state index in [4.69, 9.17) is 16.6 Å². The molecule has 0 fully saturated rings. The SMILES string of the molecule is Cc1cc(C)n(CCN(C(=O)Cc2ccc(C(C)C)cc2)c2nc3c(C)c(Cl)ccc3s2)n1. The van der Waals surface area contributed by atoms with Gasteiger partial charge in [0.25, 0.3) is 0 Å². The van der Waals surface area contributed by atoms with Gasteiger partial charge in [-0.05, 0) is 61.6 Å². The summed E-state index contributed by atoms with van der Waals surface area (Å²) in [5, 5.41) is 5.94. The van der Waals surface area contributed by atoms with Crippen LogP contribution in [0.2, 0.25) is 5.02 Å². The molecule has 2 heterocycles. The van der Waals surface area contributed by atoms with Crippen LogP contribution in [0.1, 0.15) is 47.8 Å². The predicted molar refractivity (Wildman–Crippen MR) is 138 cm³/mol. The Hall–Kier alpha value is -2.70. The van der Waals surface area contributed by atoms with E-state index in [1.165, 1.54) is 16.9 Å². The first-order valence-electron chi connectivity index (χ1n) is 11.2. The van der Waals surface area contributed by atoms with Crippen LogP contribution in [0.15, 0.2) is 42.5 Å². The molecule has 0 aliphatic carbocycles. The third-order valence-corrected chi connectivity index (χ3v) is 7.36. The maximum atomic E-state index is 13.5. The second-order valence-electron chi connectivity index (χ2n) is 8.78. The summed E-state index contributed by atoms with van der Waals surface area (Å²) in [6.07, 6.45) is 0.325. The van der Waals surface area contributed by atoms with E-state index < -0.39 is 0 Å². The Morgan fingerprint density at radius 3 is 2.48 bits per heavy atom. The molecule has 0 bridgehead atoms. The summed E-state index contributed by atoms with van der Waals surface area (Å²) in [5.74, 6) is 0.487. The Bertz CT molecular complexity index is 1290. The topological polar surface area (TPSA) is 51.0 Å². The number of hydrogen-bond donors (Lipinski definition) is 0. The van der Waals surface area contributed by atoms with Crippen LogP contribution in [0, 0.1) is 20.8 Å². The van der Waals surface area contributed by atoms with Crippen LogP contribution in [0.5, 0.6) is 0 Å². The summed E-state index contributed by atoms with van der Waals surface area (Å²) < 4.78 is 2.97. The molecule has 7 heteroatoms. The van der Waals surface area contributed by atoms with E-state index >= 15 is 0 Å². The van der Waals surface area contributed by atoms with Gasteiger partial charge in [-0.1, -0.05) is 61.1 Å². The lowest BCUT2D eigenvalue weighted by Crippen LogP contribution is -2.35. The monoisotopic (exact) mass is 480 g/mol. The van der Waals surface area contributed by atoms with Gasteiger partial charge in [0.2, 0.25) is 5.91 Å². The van der Waals surface area contributed by atoms with Crippen molar-refractivity contribution in [2.24, 2.45) is 0 Å². The Balaban J connectivity index is 1.63. The zero-order valence-corrected chi connectivity index (χ0v) is 21.3. The Morgan fingerprint density at radius 1 is 1.12 bits per heavy atom. The van der Waals surface area contributed by atoms with Gasteiger partial charge in [-0.15, -0.1) is 0 Å². The van der Waals surface area contributed by atoms with Crippen molar-refractivity contribution in [2.75, 3.05) is 11.4 Å². The van der Waals surface area contributed by atoms with E-state index in [1.807, 2.05) is 43.7 Å². The molecule has 0 atom stereocenters. The number of benzene rings is 2. The number of halogens is 1. The van der Waals surface area contributed by atoms with E-state index in [0.717, 1.165) is 32.7 Å². The van der Waals surface area contributed by atoms with Gasteiger partial charge >= 0.3 is 0 Å².